The highest BCUT2D eigenvalue weighted by Crippen LogP contribution is 2.11. The first-order chi connectivity index (χ1) is 4.74. The average Bonchev–Trinajstić information content (AvgIpc) is 1.95. The van der Waals surface area contributed by atoms with Crippen LogP contribution in [0, 0.1) is 6.92 Å². The van der Waals surface area contributed by atoms with Crippen molar-refractivity contribution >= 4 is 17.6 Å². The molecule has 0 fully saturated rings. The van der Waals surface area contributed by atoms with Crippen molar-refractivity contribution in [3.8, 4) is 0 Å². The highest BCUT2D eigenvalue weighted by Gasteiger charge is 1.96. The van der Waals surface area contributed by atoms with Gasteiger partial charge in [0.1, 0.15) is 5.82 Å². The molecule has 1 rings (SSSR count). The Hall–Kier alpha value is -0.770. The van der Waals surface area contributed by atoms with Gasteiger partial charge in [0.05, 0.1) is 0 Å². The van der Waals surface area contributed by atoms with Gasteiger partial charge in [-0.25, -0.2) is 9.97 Å². The molecule has 0 saturated carbocycles. The molecule has 54 valence electrons. The molecule has 0 aliphatic carbocycles. The van der Waals surface area contributed by atoms with E-state index in [1.807, 2.05) is 13.2 Å². The number of thioether (sulfide) groups is 1. The lowest BCUT2D eigenvalue weighted by molar-refractivity contribution is 0.963. The molecule has 0 saturated heterocycles. The fraction of sp³-hybridized carbons (Fsp3) is 0.333. The number of nitrogens with zero attached hydrogens (tertiary/aromatic N) is 2. The van der Waals surface area contributed by atoms with E-state index in [4.69, 9.17) is 5.73 Å². The van der Waals surface area contributed by atoms with Crippen LogP contribution in [-0.4, -0.2) is 16.2 Å². The second-order valence-corrected chi connectivity index (χ2v) is 2.70. The van der Waals surface area contributed by atoms with Gasteiger partial charge in [0.25, 0.3) is 0 Å². The lowest BCUT2D eigenvalue weighted by Gasteiger charge is -1.98. The van der Waals surface area contributed by atoms with Gasteiger partial charge in [-0.05, 0) is 13.2 Å². The van der Waals surface area contributed by atoms with Gasteiger partial charge in [-0.2, -0.15) is 0 Å². The molecule has 1 heterocycles. The molecule has 0 bridgehead atoms. The first-order valence-corrected chi connectivity index (χ1v) is 4.09. The largest absolute Gasteiger partial charge is 0.383 e. The third-order valence-corrected chi connectivity index (χ3v) is 1.73. The Labute approximate surface area is 64.1 Å². The summed E-state index contributed by atoms with van der Waals surface area (Å²) in [6.07, 6.45) is 3.65. The second kappa shape index (κ2) is 2.88. The number of aromatic nitrogens is 2. The molecule has 0 unspecified atom stereocenters. The maximum absolute atomic E-state index is 5.53. The van der Waals surface area contributed by atoms with Crippen molar-refractivity contribution in [3.63, 3.8) is 0 Å². The minimum Gasteiger partial charge on any atom is -0.383 e. The number of anilines is 1. The van der Waals surface area contributed by atoms with Crippen molar-refractivity contribution in [2.24, 2.45) is 0 Å². The van der Waals surface area contributed by atoms with Gasteiger partial charge in [-0.1, -0.05) is 11.8 Å². The predicted molar refractivity (Wildman–Crippen MR) is 43.0 cm³/mol. The van der Waals surface area contributed by atoms with Crippen LogP contribution in [0.2, 0.25) is 0 Å². The van der Waals surface area contributed by atoms with Crippen molar-refractivity contribution in [2.75, 3.05) is 12.0 Å². The Kier molecular flexibility index (Phi) is 2.11. The minimum absolute atomic E-state index is 0.569. The van der Waals surface area contributed by atoms with Crippen molar-refractivity contribution in [3.05, 3.63) is 11.8 Å². The monoisotopic (exact) mass is 155 g/mol. The van der Waals surface area contributed by atoms with Crippen molar-refractivity contribution in [1.29, 1.82) is 0 Å². The van der Waals surface area contributed by atoms with Crippen LogP contribution in [0.5, 0.6) is 0 Å². The molecule has 10 heavy (non-hydrogen) atoms. The summed E-state index contributed by atoms with van der Waals surface area (Å²) in [5.74, 6) is 0.569. The number of nitrogen functional groups attached to an aromatic ring is 1. The summed E-state index contributed by atoms with van der Waals surface area (Å²) in [6, 6.07) is 0. The maximum atomic E-state index is 5.53. The van der Waals surface area contributed by atoms with E-state index in [-0.39, 0.29) is 0 Å². The third-order valence-electron chi connectivity index (χ3n) is 1.17. The summed E-state index contributed by atoms with van der Waals surface area (Å²) in [4.78, 5) is 8.05. The fourth-order valence-corrected chi connectivity index (χ4v) is 0.884. The van der Waals surface area contributed by atoms with Crippen LogP contribution in [0.15, 0.2) is 11.4 Å². The molecule has 0 atom stereocenters. The zero-order valence-corrected chi connectivity index (χ0v) is 6.77. The first-order valence-electron chi connectivity index (χ1n) is 2.87. The van der Waals surface area contributed by atoms with Crippen LogP contribution in [0.1, 0.15) is 5.56 Å². The molecule has 2 N–H and O–H groups in total. The molecule has 1 aromatic heterocycles. The Bertz CT molecular complexity index is 236. The highest BCUT2D eigenvalue weighted by atomic mass is 32.2. The van der Waals surface area contributed by atoms with Crippen LogP contribution < -0.4 is 5.73 Å². The Morgan fingerprint density at radius 3 is 2.80 bits per heavy atom. The fourth-order valence-electron chi connectivity index (χ4n) is 0.537. The van der Waals surface area contributed by atoms with Crippen LogP contribution >= 0.6 is 11.8 Å². The normalized spacial score (nSPS) is 9.80. The summed E-state index contributed by atoms with van der Waals surface area (Å²) in [7, 11) is 0. The van der Waals surface area contributed by atoms with Crippen molar-refractivity contribution in [1.82, 2.24) is 9.97 Å². The van der Waals surface area contributed by atoms with E-state index < -0.39 is 0 Å². The Morgan fingerprint density at radius 2 is 2.30 bits per heavy atom. The van der Waals surface area contributed by atoms with Crippen LogP contribution in [-0.2, 0) is 0 Å². The highest BCUT2D eigenvalue weighted by molar-refractivity contribution is 7.98. The Morgan fingerprint density at radius 1 is 1.60 bits per heavy atom. The minimum atomic E-state index is 0.569. The summed E-state index contributed by atoms with van der Waals surface area (Å²) in [6.45, 7) is 1.89. The predicted octanol–water partition coefficient (Wildman–Crippen LogP) is 1.09. The Balaban J connectivity index is 3.04. The molecule has 0 aliphatic heterocycles. The number of hydrogen-bond acceptors (Lipinski definition) is 4. The summed E-state index contributed by atoms with van der Waals surface area (Å²) in [5.41, 5.74) is 6.46. The summed E-state index contributed by atoms with van der Waals surface area (Å²) in [5, 5.41) is 0.725. The van der Waals surface area contributed by atoms with Crippen LogP contribution in [0.3, 0.4) is 0 Å². The molecule has 1 aromatic rings. The zero-order chi connectivity index (χ0) is 7.56. The molecular formula is C6H9N3S. The van der Waals surface area contributed by atoms with E-state index >= 15 is 0 Å². The molecule has 0 radical (unpaired) electrons. The van der Waals surface area contributed by atoms with E-state index in [1.54, 1.807) is 6.20 Å². The van der Waals surface area contributed by atoms with E-state index in [0.29, 0.717) is 5.82 Å². The van der Waals surface area contributed by atoms with Crippen LogP contribution in [0.4, 0.5) is 5.82 Å². The second-order valence-electron chi connectivity index (χ2n) is 1.92. The number of rotatable bonds is 1. The first kappa shape index (κ1) is 7.34. The quantitative estimate of drug-likeness (QED) is 0.487. The molecule has 0 aromatic carbocycles. The van der Waals surface area contributed by atoms with E-state index in [9.17, 15) is 0 Å². The van der Waals surface area contributed by atoms with Crippen molar-refractivity contribution < 1.29 is 0 Å². The average molecular weight is 155 g/mol. The van der Waals surface area contributed by atoms with E-state index in [1.165, 1.54) is 11.8 Å². The van der Waals surface area contributed by atoms with Crippen LogP contribution in [0.25, 0.3) is 0 Å². The number of nitrogens with two attached hydrogens (primary N) is 1. The molecule has 4 heteroatoms. The van der Waals surface area contributed by atoms with Crippen molar-refractivity contribution in [2.45, 2.75) is 12.1 Å². The zero-order valence-electron chi connectivity index (χ0n) is 5.96. The topological polar surface area (TPSA) is 51.8 Å². The lowest BCUT2D eigenvalue weighted by Crippen LogP contribution is -1.96. The molecule has 0 amide bonds. The SMILES string of the molecule is CSc1ncc(C)c(N)n1. The summed E-state index contributed by atoms with van der Waals surface area (Å²) >= 11 is 1.49. The smallest absolute Gasteiger partial charge is 0.189 e. The van der Waals surface area contributed by atoms with Gasteiger partial charge >= 0.3 is 0 Å². The molecule has 0 aliphatic rings. The lowest BCUT2D eigenvalue weighted by atomic mass is 10.4. The molecule has 0 spiro atoms. The maximum Gasteiger partial charge on any atom is 0.189 e. The van der Waals surface area contributed by atoms with Gasteiger partial charge in [-0.3, -0.25) is 0 Å². The van der Waals surface area contributed by atoms with E-state index in [0.717, 1.165) is 10.7 Å². The summed E-state index contributed by atoms with van der Waals surface area (Å²) < 4.78 is 0. The van der Waals surface area contributed by atoms with E-state index in [2.05, 4.69) is 9.97 Å². The standard InChI is InChI=1S/C6H9N3S/c1-4-3-8-6(10-2)9-5(4)7/h3H,1-2H3,(H2,7,8,9). The van der Waals surface area contributed by atoms with Gasteiger partial charge in [0.15, 0.2) is 5.16 Å². The third kappa shape index (κ3) is 1.39. The number of aryl methyl sites for hydroxylation is 1. The van der Waals surface area contributed by atoms with Gasteiger partial charge in [-0.15, -0.1) is 0 Å². The number of hydrogen-bond donors (Lipinski definition) is 1. The van der Waals surface area contributed by atoms with Gasteiger partial charge in [0, 0.05) is 11.8 Å². The molecular weight excluding hydrogens is 146 g/mol. The van der Waals surface area contributed by atoms with Gasteiger partial charge in [0.2, 0.25) is 0 Å². The molecule has 3 nitrogen and oxygen atoms in total. The van der Waals surface area contributed by atoms with Gasteiger partial charge < -0.3 is 5.73 Å².